The molecular formula is C23H18N2O6. The molecule has 2 aliphatic heterocycles. The minimum absolute atomic E-state index is 0.0514. The number of aliphatic carboxylic acids is 1. The van der Waals surface area contributed by atoms with Crippen LogP contribution >= 0.6 is 0 Å². The summed E-state index contributed by atoms with van der Waals surface area (Å²) >= 11 is 0. The highest BCUT2D eigenvalue weighted by Crippen LogP contribution is 2.32. The number of imide groups is 2. The van der Waals surface area contributed by atoms with Crippen LogP contribution < -0.4 is 0 Å². The van der Waals surface area contributed by atoms with E-state index >= 15 is 0 Å². The molecule has 31 heavy (non-hydrogen) atoms. The molecular weight excluding hydrogens is 400 g/mol. The van der Waals surface area contributed by atoms with Crippen LogP contribution in [0.25, 0.3) is 0 Å². The second kappa shape index (κ2) is 7.32. The Kier molecular flexibility index (Phi) is 4.77. The number of carboxylic acid groups (broad SMARTS) is 1. The summed E-state index contributed by atoms with van der Waals surface area (Å²) in [6.45, 7) is 1.24. The molecule has 1 N–H and O–H groups in total. The molecule has 0 radical (unpaired) electrons. The number of hydrogen-bond donors (Lipinski definition) is 1. The second-order valence-corrected chi connectivity index (χ2v) is 7.51. The number of carbonyl (C=O) groups excluding carboxylic acids is 4. The molecule has 156 valence electrons. The molecule has 4 amide bonds. The summed E-state index contributed by atoms with van der Waals surface area (Å²) in [7, 11) is 0. The van der Waals surface area contributed by atoms with Gasteiger partial charge in [0.15, 0.2) is 0 Å². The maximum absolute atomic E-state index is 12.7. The molecule has 0 fully saturated rings. The van der Waals surface area contributed by atoms with E-state index in [1.54, 1.807) is 36.4 Å². The fourth-order valence-corrected chi connectivity index (χ4v) is 3.81. The Morgan fingerprint density at radius 1 is 0.806 bits per heavy atom. The third-order valence-electron chi connectivity index (χ3n) is 5.60. The predicted octanol–water partition coefficient (Wildman–Crippen LogP) is 2.37. The lowest BCUT2D eigenvalue weighted by Gasteiger charge is -2.32. The summed E-state index contributed by atoms with van der Waals surface area (Å²) < 4.78 is 0. The van der Waals surface area contributed by atoms with E-state index in [2.05, 4.69) is 0 Å². The van der Waals surface area contributed by atoms with Crippen molar-refractivity contribution in [3.05, 3.63) is 82.9 Å². The summed E-state index contributed by atoms with van der Waals surface area (Å²) in [6.07, 6.45) is 2.76. The zero-order valence-electron chi connectivity index (χ0n) is 16.6. The van der Waals surface area contributed by atoms with E-state index < -0.39 is 35.1 Å². The number of fused-ring (bicyclic) bond motifs is 2. The highest BCUT2D eigenvalue weighted by molar-refractivity contribution is 6.23. The summed E-state index contributed by atoms with van der Waals surface area (Å²) in [4.78, 5) is 64.1. The van der Waals surface area contributed by atoms with Crippen molar-refractivity contribution in [2.24, 2.45) is 0 Å². The summed E-state index contributed by atoms with van der Waals surface area (Å²) in [5, 5.41) is 9.82. The Labute approximate surface area is 177 Å². The molecule has 1 atom stereocenters. The van der Waals surface area contributed by atoms with Gasteiger partial charge in [0.25, 0.3) is 23.6 Å². The van der Waals surface area contributed by atoms with Crippen molar-refractivity contribution < 1.29 is 29.1 Å². The van der Waals surface area contributed by atoms with Crippen LogP contribution in [-0.2, 0) is 4.79 Å². The summed E-state index contributed by atoms with van der Waals surface area (Å²) in [6, 6.07) is 12.7. The molecule has 0 aliphatic carbocycles. The molecule has 2 heterocycles. The third kappa shape index (κ3) is 3.04. The van der Waals surface area contributed by atoms with E-state index in [0.29, 0.717) is 11.1 Å². The molecule has 0 bridgehead atoms. The van der Waals surface area contributed by atoms with Crippen LogP contribution in [-0.4, -0.2) is 56.6 Å². The largest absolute Gasteiger partial charge is 0.479 e. The minimum Gasteiger partial charge on any atom is -0.479 e. The third-order valence-corrected chi connectivity index (χ3v) is 5.60. The van der Waals surface area contributed by atoms with Gasteiger partial charge in [-0.2, -0.15) is 0 Å². The lowest BCUT2D eigenvalue weighted by molar-refractivity contribution is -0.147. The summed E-state index contributed by atoms with van der Waals surface area (Å²) in [5.41, 5.74) is -0.861. The van der Waals surface area contributed by atoms with E-state index in [9.17, 15) is 29.1 Å². The molecule has 2 aliphatic rings. The number of benzene rings is 2. The highest BCUT2D eigenvalue weighted by atomic mass is 16.4. The van der Waals surface area contributed by atoms with Gasteiger partial charge in [0.1, 0.15) is 5.54 Å². The Morgan fingerprint density at radius 3 is 1.65 bits per heavy atom. The lowest BCUT2D eigenvalue weighted by atomic mass is 9.95. The Morgan fingerprint density at radius 2 is 1.23 bits per heavy atom. The molecule has 4 rings (SSSR count). The van der Waals surface area contributed by atoms with E-state index in [-0.39, 0.29) is 24.1 Å². The Hall–Kier alpha value is -4.07. The van der Waals surface area contributed by atoms with E-state index in [0.717, 1.165) is 9.80 Å². The standard InChI is InChI=1S/C23H18N2O6/c1-23(22(30)31,25-20(28)16-10-4-5-11-17(16)21(25)29)12-6-7-13-24-18(26)14-8-2-3-9-15(14)19(24)27/h2-11H,12-13H2,1H3,(H,30,31). The van der Waals surface area contributed by atoms with Crippen molar-refractivity contribution >= 4 is 29.6 Å². The van der Waals surface area contributed by atoms with Crippen molar-refractivity contribution in [1.82, 2.24) is 9.80 Å². The first-order valence-corrected chi connectivity index (χ1v) is 9.59. The SMILES string of the molecule is CC(CC=CCN1C(=O)c2ccccc2C1=O)(C(=O)O)N1C(=O)c2ccccc2C1=O. The molecule has 0 spiro atoms. The van der Waals surface area contributed by atoms with Crippen molar-refractivity contribution in [1.29, 1.82) is 0 Å². The fraction of sp³-hybridized carbons (Fsp3) is 0.174. The van der Waals surface area contributed by atoms with E-state index in [1.165, 1.54) is 31.2 Å². The van der Waals surface area contributed by atoms with Gasteiger partial charge >= 0.3 is 5.97 Å². The van der Waals surface area contributed by atoms with Gasteiger partial charge in [-0.3, -0.25) is 29.0 Å². The van der Waals surface area contributed by atoms with Crippen molar-refractivity contribution in [2.45, 2.75) is 18.9 Å². The van der Waals surface area contributed by atoms with Crippen LogP contribution in [0.3, 0.4) is 0 Å². The van der Waals surface area contributed by atoms with Gasteiger partial charge in [0.05, 0.1) is 22.3 Å². The van der Waals surface area contributed by atoms with Crippen LogP contribution in [0.4, 0.5) is 0 Å². The van der Waals surface area contributed by atoms with Gasteiger partial charge in [-0.05, 0) is 37.6 Å². The van der Waals surface area contributed by atoms with Crippen molar-refractivity contribution in [3.63, 3.8) is 0 Å². The van der Waals surface area contributed by atoms with Gasteiger partial charge in [-0.25, -0.2) is 4.79 Å². The van der Waals surface area contributed by atoms with Gasteiger partial charge in [0.2, 0.25) is 0 Å². The second-order valence-electron chi connectivity index (χ2n) is 7.51. The van der Waals surface area contributed by atoms with Crippen LogP contribution in [0.15, 0.2) is 60.7 Å². The molecule has 8 nitrogen and oxygen atoms in total. The molecule has 0 saturated heterocycles. The quantitative estimate of drug-likeness (QED) is 0.569. The number of carbonyl (C=O) groups is 5. The first-order valence-electron chi connectivity index (χ1n) is 9.59. The number of rotatable bonds is 6. The molecule has 0 saturated carbocycles. The van der Waals surface area contributed by atoms with E-state index in [1.807, 2.05) is 0 Å². The predicted molar refractivity (Wildman–Crippen MR) is 109 cm³/mol. The van der Waals surface area contributed by atoms with Crippen LogP contribution in [0.2, 0.25) is 0 Å². The number of nitrogens with zero attached hydrogens (tertiary/aromatic N) is 2. The van der Waals surface area contributed by atoms with Crippen LogP contribution in [0.5, 0.6) is 0 Å². The normalized spacial score (nSPS) is 17.3. The van der Waals surface area contributed by atoms with Crippen LogP contribution in [0, 0.1) is 0 Å². The molecule has 0 aromatic heterocycles. The van der Waals surface area contributed by atoms with Gasteiger partial charge in [-0.15, -0.1) is 0 Å². The maximum Gasteiger partial charge on any atom is 0.330 e. The minimum atomic E-state index is -1.83. The lowest BCUT2D eigenvalue weighted by Crippen LogP contribution is -2.54. The zero-order chi connectivity index (χ0) is 22.3. The maximum atomic E-state index is 12.7. The molecule has 1 unspecified atom stereocenters. The van der Waals surface area contributed by atoms with Crippen molar-refractivity contribution in [2.75, 3.05) is 6.54 Å². The fourth-order valence-electron chi connectivity index (χ4n) is 3.81. The number of hydrogen-bond acceptors (Lipinski definition) is 5. The van der Waals surface area contributed by atoms with Crippen molar-refractivity contribution in [3.8, 4) is 0 Å². The average Bonchev–Trinajstić information content (AvgIpc) is 3.16. The monoisotopic (exact) mass is 418 g/mol. The zero-order valence-corrected chi connectivity index (χ0v) is 16.6. The van der Waals surface area contributed by atoms with E-state index in [4.69, 9.17) is 0 Å². The van der Waals surface area contributed by atoms with Gasteiger partial charge < -0.3 is 5.11 Å². The Balaban J connectivity index is 1.51. The smallest absolute Gasteiger partial charge is 0.330 e. The topological polar surface area (TPSA) is 112 Å². The first-order chi connectivity index (χ1) is 14.8. The van der Waals surface area contributed by atoms with Crippen LogP contribution in [0.1, 0.15) is 54.8 Å². The molecule has 2 aromatic rings. The van der Waals surface area contributed by atoms with Gasteiger partial charge in [-0.1, -0.05) is 36.4 Å². The number of amides is 4. The van der Waals surface area contributed by atoms with Gasteiger partial charge in [0, 0.05) is 6.54 Å². The molecule has 2 aromatic carbocycles. The number of carboxylic acids is 1. The molecule has 8 heteroatoms. The average molecular weight is 418 g/mol. The summed E-state index contributed by atoms with van der Waals surface area (Å²) in [5.74, 6) is -3.52. The Bertz CT molecular complexity index is 1110. The highest BCUT2D eigenvalue weighted by Gasteiger charge is 2.50. The first kappa shape index (κ1) is 20.2.